The fraction of sp³-hybridized carbons (Fsp3) is 0.500. The molecule has 0 saturated carbocycles. The second-order valence-electron chi connectivity index (χ2n) is 3.84. The maximum atomic E-state index is 12.0. The van der Waals surface area contributed by atoms with E-state index in [1.807, 2.05) is 13.0 Å². The van der Waals surface area contributed by atoms with Gasteiger partial charge in [-0.15, -0.1) is 0 Å². The van der Waals surface area contributed by atoms with Crippen LogP contribution in [0.3, 0.4) is 0 Å². The van der Waals surface area contributed by atoms with Crippen molar-refractivity contribution < 1.29 is 13.2 Å². The van der Waals surface area contributed by atoms with Gasteiger partial charge in [-0.3, -0.25) is 4.72 Å². The number of aromatic nitrogens is 1. The van der Waals surface area contributed by atoms with Gasteiger partial charge in [0.1, 0.15) is 5.82 Å². The number of pyridine rings is 1. The molecule has 1 aliphatic rings. The summed E-state index contributed by atoms with van der Waals surface area (Å²) in [6.07, 6.45) is 1.58. The number of morpholine rings is 1. The van der Waals surface area contributed by atoms with Gasteiger partial charge >= 0.3 is 10.2 Å². The zero-order chi connectivity index (χ0) is 12.3. The summed E-state index contributed by atoms with van der Waals surface area (Å²) in [5, 5.41) is 0. The van der Waals surface area contributed by atoms with Crippen molar-refractivity contribution in [1.29, 1.82) is 0 Å². The number of hydrogen-bond donors (Lipinski definition) is 1. The van der Waals surface area contributed by atoms with Crippen molar-refractivity contribution in [1.82, 2.24) is 9.29 Å². The van der Waals surface area contributed by atoms with Gasteiger partial charge in [0.05, 0.1) is 13.2 Å². The number of nitrogens with one attached hydrogen (secondary N) is 1. The number of ether oxygens (including phenoxy) is 1. The first kappa shape index (κ1) is 12.3. The highest BCUT2D eigenvalue weighted by molar-refractivity contribution is 7.90. The molecule has 0 unspecified atom stereocenters. The van der Waals surface area contributed by atoms with Crippen LogP contribution in [0.15, 0.2) is 18.3 Å². The maximum absolute atomic E-state index is 12.0. The summed E-state index contributed by atoms with van der Waals surface area (Å²) in [6.45, 7) is 3.50. The van der Waals surface area contributed by atoms with Gasteiger partial charge in [0.15, 0.2) is 0 Å². The highest BCUT2D eigenvalue weighted by Crippen LogP contribution is 2.11. The lowest BCUT2D eigenvalue weighted by Crippen LogP contribution is -2.43. The highest BCUT2D eigenvalue weighted by atomic mass is 32.2. The molecule has 0 spiro atoms. The molecule has 0 atom stereocenters. The van der Waals surface area contributed by atoms with E-state index in [-0.39, 0.29) is 0 Å². The fourth-order valence-electron chi connectivity index (χ4n) is 1.58. The number of rotatable bonds is 3. The summed E-state index contributed by atoms with van der Waals surface area (Å²) in [5.41, 5.74) is 0.958. The first-order valence-electron chi connectivity index (χ1n) is 5.36. The first-order chi connectivity index (χ1) is 8.08. The highest BCUT2D eigenvalue weighted by Gasteiger charge is 2.24. The normalized spacial score (nSPS) is 17.9. The summed E-state index contributed by atoms with van der Waals surface area (Å²) in [7, 11) is -3.51. The molecule has 1 N–H and O–H groups in total. The molecule has 1 aromatic heterocycles. The maximum Gasteiger partial charge on any atom is 0.302 e. The quantitative estimate of drug-likeness (QED) is 0.849. The zero-order valence-corrected chi connectivity index (χ0v) is 10.4. The number of nitrogens with zero attached hydrogens (tertiary/aromatic N) is 2. The molecule has 0 aromatic carbocycles. The largest absolute Gasteiger partial charge is 0.379 e. The Morgan fingerprint density at radius 3 is 2.76 bits per heavy atom. The van der Waals surface area contributed by atoms with Crippen molar-refractivity contribution in [2.45, 2.75) is 6.92 Å². The Labute approximate surface area is 101 Å². The predicted octanol–water partition coefficient (Wildman–Crippen LogP) is 0.379. The van der Waals surface area contributed by atoms with E-state index in [1.165, 1.54) is 4.31 Å². The summed E-state index contributed by atoms with van der Waals surface area (Å²) in [5.74, 6) is 0.344. The van der Waals surface area contributed by atoms with Crippen LogP contribution in [0, 0.1) is 6.92 Å². The van der Waals surface area contributed by atoms with Gasteiger partial charge in [-0.1, -0.05) is 0 Å². The molecule has 2 rings (SSSR count). The first-order valence-corrected chi connectivity index (χ1v) is 6.80. The van der Waals surface area contributed by atoms with E-state index >= 15 is 0 Å². The summed E-state index contributed by atoms with van der Waals surface area (Å²) in [6, 6.07) is 3.50. The van der Waals surface area contributed by atoms with Gasteiger partial charge in [-0.05, 0) is 24.6 Å². The van der Waals surface area contributed by atoms with Crippen LogP contribution in [0.1, 0.15) is 5.56 Å². The van der Waals surface area contributed by atoms with Gasteiger partial charge in [0.25, 0.3) is 0 Å². The van der Waals surface area contributed by atoms with Crippen molar-refractivity contribution in [3.8, 4) is 0 Å². The molecule has 0 radical (unpaired) electrons. The van der Waals surface area contributed by atoms with Crippen molar-refractivity contribution in [3.63, 3.8) is 0 Å². The molecule has 94 valence electrons. The molecule has 0 amide bonds. The molecule has 1 aromatic rings. The molecule has 0 aliphatic carbocycles. The Bertz CT molecular complexity index is 483. The average Bonchev–Trinajstić information content (AvgIpc) is 2.29. The molecule has 7 heteroatoms. The lowest BCUT2D eigenvalue weighted by Gasteiger charge is -2.26. The summed E-state index contributed by atoms with van der Waals surface area (Å²) < 4.78 is 32.9. The molecule has 2 heterocycles. The minimum absolute atomic E-state index is 0.344. The van der Waals surface area contributed by atoms with Crippen LogP contribution in [-0.4, -0.2) is 44.0 Å². The number of aryl methyl sites for hydroxylation is 1. The van der Waals surface area contributed by atoms with Crippen LogP contribution < -0.4 is 4.72 Å². The van der Waals surface area contributed by atoms with E-state index in [9.17, 15) is 8.42 Å². The lowest BCUT2D eigenvalue weighted by atomic mass is 10.3. The van der Waals surface area contributed by atoms with Crippen LogP contribution >= 0.6 is 0 Å². The van der Waals surface area contributed by atoms with Crippen molar-refractivity contribution in [3.05, 3.63) is 23.9 Å². The zero-order valence-electron chi connectivity index (χ0n) is 9.59. The second kappa shape index (κ2) is 4.99. The third kappa shape index (κ3) is 3.15. The monoisotopic (exact) mass is 257 g/mol. The van der Waals surface area contributed by atoms with E-state index in [0.717, 1.165) is 5.56 Å². The van der Waals surface area contributed by atoms with Crippen molar-refractivity contribution in [2.75, 3.05) is 31.0 Å². The third-order valence-electron chi connectivity index (χ3n) is 2.46. The van der Waals surface area contributed by atoms with E-state index < -0.39 is 10.2 Å². The van der Waals surface area contributed by atoms with E-state index in [2.05, 4.69) is 9.71 Å². The van der Waals surface area contributed by atoms with Gasteiger partial charge in [-0.2, -0.15) is 12.7 Å². The van der Waals surface area contributed by atoms with Crippen LogP contribution in [-0.2, 0) is 14.9 Å². The van der Waals surface area contributed by atoms with Gasteiger partial charge in [-0.25, -0.2) is 4.98 Å². The second-order valence-corrected chi connectivity index (χ2v) is 5.51. The van der Waals surface area contributed by atoms with E-state index in [0.29, 0.717) is 32.1 Å². The molecular weight excluding hydrogens is 242 g/mol. The Balaban J connectivity index is 2.11. The van der Waals surface area contributed by atoms with Crippen LogP contribution in [0.2, 0.25) is 0 Å². The minimum atomic E-state index is -3.51. The smallest absolute Gasteiger partial charge is 0.302 e. The van der Waals surface area contributed by atoms with Crippen molar-refractivity contribution >= 4 is 16.0 Å². The van der Waals surface area contributed by atoms with E-state index in [4.69, 9.17) is 4.74 Å². The molecule has 1 fully saturated rings. The SMILES string of the molecule is Cc1ccnc(NS(=O)(=O)N2CCOCC2)c1. The molecule has 1 saturated heterocycles. The van der Waals surface area contributed by atoms with Crippen LogP contribution in [0.25, 0.3) is 0 Å². The Kier molecular flexibility index (Phi) is 3.60. The summed E-state index contributed by atoms with van der Waals surface area (Å²) >= 11 is 0. The minimum Gasteiger partial charge on any atom is -0.379 e. The average molecular weight is 257 g/mol. The number of hydrogen-bond acceptors (Lipinski definition) is 4. The van der Waals surface area contributed by atoms with Gasteiger partial charge in [0.2, 0.25) is 0 Å². The Morgan fingerprint density at radius 2 is 2.12 bits per heavy atom. The lowest BCUT2D eigenvalue weighted by molar-refractivity contribution is 0.0733. The third-order valence-corrected chi connectivity index (χ3v) is 3.97. The fourth-order valence-corrected chi connectivity index (χ4v) is 2.71. The van der Waals surface area contributed by atoms with Gasteiger partial charge in [0, 0.05) is 19.3 Å². The molecular formula is C10H15N3O3S. The molecule has 6 nitrogen and oxygen atoms in total. The molecule has 0 bridgehead atoms. The van der Waals surface area contributed by atoms with E-state index in [1.54, 1.807) is 12.3 Å². The number of anilines is 1. The standard InChI is InChI=1S/C10H15N3O3S/c1-9-2-3-11-10(8-9)12-17(14,15)13-4-6-16-7-5-13/h2-3,8H,4-7H2,1H3,(H,11,12). The topological polar surface area (TPSA) is 71.5 Å². The predicted molar refractivity (Wildman–Crippen MR) is 63.9 cm³/mol. The Hall–Kier alpha value is -1.18. The molecule has 17 heavy (non-hydrogen) atoms. The molecule has 1 aliphatic heterocycles. The van der Waals surface area contributed by atoms with Gasteiger partial charge < -0.3 is 4.74 Å². The Morgan fingerprint density at radius 1 is 1.41 bits per heavy atom. The van der Waals surface area contributed by atoms with Crippen LogP contribution in [0.5, 0.6) is 0 Å². The summed E-state index contributed by atoms with van der Waals surface area (Å²) in [4.78, 5) is 3.97. The van der Waals surface area contributed by atoms with Crippen LogP contribution in [0.4, 0.5) is 5.82 Å². The van der Waals surface area contributed by atoms with Crippen molar-refractivity contribution in [2.24, 2.45) is 0 Å².